The number of hydrogen-bond donors (Lipinski definition) is 3. The van der Waals surface area contributed by atoms with Crippen LogP contribution < -0.4 is 16.1 Å². The van der Waals surface area contributed by atoms with E-state index < -0.39 is 5.63 Å². The molecule has 0 unspecified atom stereocenters. The van der Waals surface area contributed by atoms with Crippen molar-refractivity contribution < 1.29 is 14.3 Å². The minimum absolute atomic E-state index is 0.00415. The Balaban J connectivity index is 1.86. The third kappa shape index (κ3) is 3.25. The van der Waals surface area contributed by atoms with Gasteiger partial charge in [0.1, 0.15) is 11.4 Å². The molecule has 5 aromatic rings. The van der Waals surface area contributed by atoms with Crippen LogP contribution in [0.2, 0.25) is 0 Å². The molecule has 5 rings (SSSR count). The van der Waals surface area contributed by atoms with Gasteiger partial charge >= 0.3 is 5.63 Å². The van der Waals surface area contributed by atoms with Gasteiger partial charge in [0.2, 0.25) is 0 Å². The van der Waals surface area contributed by atoms with Gasteiger partial charge in [0.05, 0.1) is 23.8 Å². The number of benzene rings is 2. The molecule has 8 nitrogen and oxygen atoms in total. The van der Waals surface area contributed by atoms with E-state index in [4.69, 9.17) is 27.1 Å². The van der Waals surface area contributed by atoms with E-state index in [0.29, 0.717) is 27.8 Å². The molecule has 0 atom stereocenters. The van der Waals surface area contributed by atoms with Crippen molar-refractivity contribution >= 4 is 40.0 Å². The van der Waals surface area contributed by atoms with Gasteiger partial charge in [-0.2, -0.15) is 4.98 Å². The van der Waals surface area contributed by atoms with Crippen LogP contribution in [0.3, 0.4) is 0 Å². The van der Waals surface area contributed by atoms with E-state index in [1.807, 2.05) is 12.1 Å². The Labute approximate surface area is 186 Å². The number of phenolic OH excluding ortho intramolecular Hbond substituents is 1. The Morgan fingerprint density at radius 1 is 1.09 bits per heavy atom. The maximum absolute atomic E-state index is 12.8. The zero-order chi connectivity index (χ0) is 22.4. The number of H-pyrrole nitrogens is 1. The van der Waals surface area contributed by atoms with E-state index in [1.54, 1.807) is 36.4 Å². The fourth-order valence-electron chi connectivity index (χ4n) is 3.63. The Kier molecular flexibility index (Phi) is 4.60. The van der Waals surface area contributed by atoms with Crippen LogP contribution in [-0.4, -0.2) is 27.2 Å². The number of ether oxygens (including phenoxy) is 1. The molecule has 0 spiro atoms. The number of rotatable bonds is 3. The molecule has 0 aliphatic carbocycles. The van der Waals surface area contributed by atoms with Gasteiger partial charge in [0.25, 0.3) is 0 Å². The first-order chi connectivity index (χ1) is 15.4. The first kappa shape index (κ1) is 19.7. The van der Waals surface area contributed by atoms with Crippen molar-refractivity contribution in [2.45, 2.75) is 0 Å². The number of nitrogens with one attached hydrogen (secondary N) is 1. The number of pyridine rings is 1. The summed E-state index contributed by atoms with van der Waals surface area (Å²) < 4.78 is 10.9. The molecule has 32 heavy (non-hydrogen) atoms. The Bertz CT molecular complexity index is 1640. The Morgan fingerprint density at radius 2 is 1.91 bits per heavy atom. The zero-order valence-electron chi connectivity index (χ0n) is 16.7. The number of nitrogens with two attached hydrogens (primary N) is 1. The molecule has 4 N–H and O–H groups in total. The lowest BCUT2D eigenvalue weighted by atomic mass is 9.99. The topological polar surface area (TPSA) is 127 Å². The summed E-state index contributed by atoms with van der Waals surface area (Å²) in [5.41, 5.74) is 8.39. The molecule has 2 aromatic carbocycles. The van der Waals surface area contributed by atoms with E-state index in [1.165, 1.54) is 13.2 Å². The molecule has 3 aromatic heterocycles. The van der Waals surface area contributed by atoms with Crippen LogP contribution in [0.25, 0.3) is 44.4 Å². The lowest BCUT2D eigenvalue weighted by Gasteiger charge is -2.13. The van der Waals surface area contributed by atoms with Gasteiger partial charge in [-0.25, -0.2) is 9.78 Å². The molecule has 0 amide bonds. The highest BCUT2D eigenvalue weighted by molar-refractivity contribution is 7.71. The van der Waals surface area contributed by atoms with Crippen LogP contribution in [0.5, 0.6) is 11.5 Å². The summed E-state index contributed by atoms with van der Waals surface area (Å²) in [4.78, 5) is 24.5. The summed E-state index contributed by atoms with van der Waals surface area (Å²) in [6.45, 7) is 0. The zero-order valence-corrected chi connectivity index (χ0v) is 17.6. The van der Waals surface area contributed by atoms with E-state index in [0.717, 1.165) is 5.39 Å². The normalized spacial score (nSPS) is 11.2. The maximum atomic E-state index is 12.8. The third-order valence-corrected chi connectivity index (χ3v) is 5.32. The van der Waals surface area contributed by atoms with Crippen molar-refractivity contribution in [1.29, 1.82) is 0 Å². The van der Waals surface area contributed by atoms with Crippen molar-refractivity contribution in [3.05, 3.63) is 69.8 Å². The number of aromatic hydroxyl groups is 1. The molecule has 0 radical (unpaired) electrons. The molecule has 0 saturated heterocycles. The predicted octanol–water partition coefficient (Wildman–Crippen LogP) is 4.42. The average Bonchev–Trinajstić information content (AvgIpc) is 2.78. The summed E-state index contributed by atoms with van der Waals surface area (Å²) in [6, 6.07) is 15.6. The molecule has 0 bridgehead atoms. The van der Waals surface area contributed by atoms with Crippen LogP contribution >= 0.6 is 12.2 Å². The van der Waals surface area contributed by atoms with E-state index in [9.17, 15) is 9.90 Å². The molecule has 0 fully saturated rings. The van der Waals surface area contributed by atoms with Gasteiger partial charge in [0.15, 0.2) is 21.9 Å². The maximum Gasteiger partial charge on any atom is 0.345 e. The summed E-state index contributed by atoms with van der Waals surface area (Å²) in [7, 11) is 1.46. The highest BCUT2D eigenvalue weighted by Gasteiger charge is 2.17. The monoisotopic (exact) mass is 444 g/mol. The summed E-state index contributed by atoms with van der Waals surface area (Å²) in [5.74, 6) is 0.566. The Hall–Kier alpha value is -4.24. The second-order valence-corrected chi connectivity index (χ2v) is 7.47. The fourth-order valence-corrected chi connectivity index (χ4v) is 3.83. The summed E-state index contributed by atoms with van der Waals surface area (Å²) in [5, 5.41) is 11.3. The van der Waals surface area contributed by atoms with Crippen LogP contribution in [-0.2, 0) is 0 Å². The summed E-state index contributed by atoms with van der Waals surface area (Å²) >= 11 is 5.17. The first-order valence-corrected chi connectivity index (χ1v) is 9.96. The van der Waals surface area contributed by atoms with Crippen LogP contribution in [0, 0.1) is 4.77 Å². The van der Waals surface area contributed by atoms with Gasteiger partial charge < -0.3 is 25.0 Å². The van der Waals surface area contributed by atoms with E-state index >= 15 is 0 Å². The number of nitrogens with zero attached hydrogens (tertiary/aromatic N) is 2. The molecular formula is C23H16N4O4S. The molecule has 0 aliphatic rings. The van der Waals surface area contributed by atoms with Crippen LogP contribution in [0.1, 0.15) is 0 Å². The number of phenols is 1. The lowest BCUT2D eigenvalue weighted by Crippen LogP contribution is -2.06. The smallest absolute Gasteiger partial charge is 0.345 e. The average molecular weight is 444 g/mol. The van der Waals surface area contributed by atoms with Gasteiger partial charge in [0, 0.05) is 5.39 Å². The number of aromatic amines is 1. The molecule has 0 saturated carbocycles. The molecule has 3 heterocycles. The summed E-state index contributed by atoms with van der Waals surface area (Å²) in [6.07, 6.45) is 0. The standard InChI is InChI=1S/C23H16N4O4S/c1-30-18-9-11(6-7-16(18)28)13-10-15(25-21-19(13)20(24)26-23(32)27-21)14-8-12-4-2-3-5-17(12)31-22(14)29/h2-10,28H,1H3,(H3,24,25,26,27,32). The second kappa shape index (κ2) is 7.47. The van der Waals surface area contributed by atoms with E-state index in [2.05, 4.69) is 15.0 Å². The number of hydrogen-bond acceptors (Lipinski definition) is 8. The number of methoxy groups -OCH3 is 1. The highest BCUT2D eigenvalue weighted by Crippen LogP contribution is 2.37. The second-order valence-electron chi connectivity index (χ2n) is 7.08. The van der Waals surface area contributed by atoms with Crippen molar-refractivity contribution in [3.63, 3.8) is 0 Å². The predicted molar refractivity (Wildman–Crippen MR) is 124 cm³/mol. The van der Waals surface area contributed by atoms with Gasteiger partial charge in [-0.05, 0) is 53.7 Å². The number of nitrogen functional groups attached to an aromatic ring is 1. The van der Waals surface area contributed by atoms with Gasteiger partial charge in [-0.3, -0.25) is 0 Å². The number of fused-ring (bicyclic) bond motifs is 2. The quantitative estimate of drug-likeness (QED) is 0.276. The largest absolute Gasteiger partial charge is 0.504 e. The molecule has 0 aliphatic heterocycles. The van der Waals surface area contributed by atoms with Gasteiger partial charge in [-0.1, -0.05) is 24.3 Å². The van der Waals surface area contributed by atoms with Crippen molar-refractivity contribution in [3.8, 4) is 33.9 Å². The molecule has 9 heteroatoms. The lowest BCUT2D eigenvalue weighted by molar-refractivity contribution is 0.373. The highest BCUT2D eigenvalue weighted by atomic mass is 32.1. The minimum Gasteiger partial charge on any atom is -0.504 e. The Morgan fingerprint density at radius 3 is 2.72 bits per heavy atom. The fraction of sp³-hybridized carbons (Fsp3) is 0.0435. The van der Waals surface area contributed by atoms with Crippen molar-refractivity contribution in [1.82, 2.24) is 15.0 Å². The molecular weight excluding hydrogens is 428 g/mol. The van der Waals surface area contributed by atoms with Gasteiger partial charge in [-0.15, -0.1) is 0 Å². The van der Waals surface area contributed by atoms with Crippen molar-refractivity contribution in [2.24, 2.45) is 0 Å². The number of aromatic nitrogens is 3. The minimum atomic E-state index is -0.529. The SMILES string of the molecule is COc1cc(-c2cc(-c3cc4ccccc4oc3=O)nc3nc(=S)[nH]c(N)c23)ccc1O. The molecule has 158 valence electrons. The van der Waals surface area contributed by atoms with Crippen LogP contribution in [0.15, 0.2) is 63.8 Å². The van der Waals surface area contributed by atoms with Crippen molar-refractivity contribution in [2.75, 3.05) is 12.8 Å². The number of anilines is 1. The van der Waals surface area contributed by atoms with Crippen LogP contribution in [0.4, 0.5) is 5.82 Å². The third-order valence-electron chi connectivity index (χ3n) is 5.13. The first-order valence-electron chi connectivity index (χ1n) is 9.56. The van der Waals surface area contributed by atoms with E-state index in [-0.39, 0.29) is 33.3 Å². The number of para-hydroxylation sites is 1.